The predicted molar refractivity (Wildman–Crippen MR) is 73.3 cm³/mol. The van der Waals surface area contributed by atoms with Crippen molar-refractivity contribution in [1.82, 2.24) is 0 Å². The second kappa shape index (κ2) is 6.38. The molecule has 0 aromatic rings. The molecule has 0 N–H and O–H groups in total. The average Bonchev–Trinajstić information content (AvgIpc) is 2.18. The molecule has 112 valence electrons. The van der Waals surface area contributed by atoms with Gasteiger partial charge in [0.05, 0.1) is 0 Å². The van der Waals surface area contributed by atoms with Gasteiger partial charge in [-0.25, -0.2) is 0 Å². The Labute approximate surface area is 118 Å². The predicted octanol–water partition coefficient (Wildman–Crippen LogP) is 3.03. The van der Waals surface area contributed by atoms with E-state index >= 15 is 0 Å². The Bertz CT molecular complexity index is 613. The summed E-state index contributed by atoms with van der Waals surface area (Å²) in [7, 11) is -7.36. The van der Waals surface area contributed by atoms with Crippen molar-refractivity contribution in [2.75, 3.05) is 0 Å². The summed E-state index contributed by atoms with van der Waals surface area (Å²) in [6.45, 7) is 8.68. The molecule has 0 fully saturated rings. The molecule has 0 aliphatic rings. The minimum atomic E-state index is -5.71. The number of hydrogen-bond donors (Lipinski definition) is 0. The van der Waals surface area contributed by atoms with Crippen LogP contribution in [0.4, 0.5) is 13.2 Å². The smallest absolute Gasteiger partial charge is 0.367 e. The molecule has 0 saturated heterocycles. The fraction of sp³-hybridized carbons (Fsp3) is 0.500. The Hall–Kier alpha value is -1.38. The van der Waals surface area contributed by atoms with E-state index in [0.717, 1.165) is 0 Å². The first-order chi connectivity index (χ1) is 8.76. The molecule has 0 atom stereocenters. The Kier molecular flexibility index (Phi) is 5.94. The summed E-state index contributed by atoms with van der Waals surface area (Å²) in [5, 5.41) is 0. The van der Waals surface area contributed by atoms with Gasteiger partial charge < -0.3 is 4.18 Å². The first-order valence-corrected chi connectivity index (χ1v) is 10.4. The van der Waals surface area contributed by atoms with Crippen molar-refractivity contribution < 1.29 is 25.8 Å². The van der Waals surface area contributed by atoms with Crippen LogP contribution in [0.25, 0.3) is 0 Å². The molecule has 0 saturated carbocycles. The lowest BCUT2D eigenvalue weighted by Crippen LogP contribution is -2.25. The monoisotopic (exact) mass is 324 g/mol. The van der Waals surface area contributed by atoms with Crippen molar-refractivity contribution in [2.24, 2.45) is 0 Å². The quantitative estimate of drug-likeness (QED) is 0.258. The minimum absolute atomic E-state index is 0.208. The molecular weight excluding hydrogens is 309 g/mol. The van der Waals surface area contributed by atoms with Gasteiger partial charge in [0.2, 0.25) is 0 Å². The molecule has 0 heterocycles. The zero-order valence-corrected chi connectivity index (χ0v) is 13.6. The van der Waals surface area contributed by atoms with E-state index < -0.39 is 29.5 Å². The highest BCUT2D eigenvalue weighted by Crippen LogP contribution is 2.27. The lowest BCUT2D eigenvalue weighted by Gasteiger charge is -2.09. The zero-order chi connectivity index (χ0) is 16.2. The lowest BCUT2D eigenvalue weighted by atomic mass is 10.3. The fourth-order valence-corrected chi connectivity index (χ4v) is 1.65. The van der Waals surface area contributed by atoms with Gasteiger partial charge in [-0.15, -0.1) is 5.54 Å². The lowest BCUT2D eigenvalue weighted by molar-refractivity contribution is -0.0519. The number of halogens is 3. The van der Waals surface area contributed by atoms with Crippen molar-refractivity contribution in [3.05, 3.63) is 11.3 Å². The van der Waals surface area contributed by atoms with Crippen LogP contribution in [0, 0.1) is 23.3 Å². The molecule has 0 unspecified atom stereocenters. The van der Waals surface area contributed by atoms with Crippen molar-refractivity contribution >= 4 is 18.2 Å². The van der Waals surface area contributed by atoms with Crippen LogP contribution in [0.5, 0.6) is 0 Å². The third-order valence-electron chi connectivity index (χ3n) is 1.61. The number of hydrogen-bond acceptors (Lipinski definition) is 3. The summed E-state index contributed by atoms with van der Waals surface area (Å²) in [5.41, 5.74) is -2.40. The van der Waals surface area contributed by atoms with Crippen molar-refractivity contribution in [2.45, 2.75) is 39.0 Å². The van der Waals surface area contributed by atoms with E-state index in [1.165, 1.54) is 13.8 Å². The largest absolute Gasteiger partial charge is 0.534 e. The van der Waals surface area contributed by atoms with Crippen LogP contribution in [-0.4, -0.2) is 22.0 Å². The Morgan fingerprint density at radius 3 is 1.95 bits per heavy atom. The second-order valence-electron chi connectivity index (χ2n) is 5.06. The third kappa shape index (κ3) is 6.69. The molecule has 0 rings (SSSR count). The second-order valence-corrected chi connectivity index (χ2v) is 11.4. The van der Waals surface area contributed by atoms with E-state index in [9.17, 15) is 21.6 Å². The molecular formula is C12H15F3O3SSi. The highest BCUT2D eigenvalue weighted by atomic mass is 32.2. The maximum Gasteiger partial charge on any atom is 0.534 e. The van der Waals surface area contributed by atoms with E-state index in [1.807, 2.05) is 19.6 Å². The molecule has 0 aliphatic carbocycles. The summed E-state index contributed by atoms with van der Waals surface area (Å²) >= 11 is 0. The van der Waals surface area contributed by atoms with Gasteiger partial charge >= 0.3 is 15.6 Å². The molecule has 8 heteroatoms. The van der Waals surface area contributed by atoms with Crippen molar-refractivity contribution in [3.63, 3.8) is 0 Å². The molecule has 0 amide bonds. The highest BCUT2D eigenvalue weighted by molar-refractivity contribution is 7.87. The average molecular weight is 324 g/mol. The Morgan fingerprint density at radius 2 is 1.60 bits per heavy atom. The summed E-state index contributed by atoms with van der Waals surface area (Å²) in [6, 6.07) is 0. The van der Waals surface area contributed by atoms with Gasteiger partial charge in [0.1, 0.15) is 8.07 Å². The molecule has 0 aromatic carbocycles. The van der Waals surface area contributed by atoms with Crippen molar-refractivity contribution in [3.8, 4) is 23.3 Å². The third-order valence-corrected chi connectivity index (χ3v) is 3.43. The topological polar surface area (TPSA) is 43.4 Å². The maximum atomic E-state index is 12.2. The number of allylic oxidation sites excluding steroid dienone is 2. The van der Waals surface area contributed by atoms with E-state index in [2.05, 4.69) is 27.5 Å². The summed E-state index contributed by atoms with van der Waals surface area (Å²) in [5.74, 6) is 6.44. The fourth-order valence-electron chi connectivity index (χ4n) is 0.693. The number of alkyl halides is 3. The molecule has 3 nitrogen and oxygen atoms in total. The number of rotatable bonds is 2. The molecule has 0 radical (unpaired) electrons. The molecule has 0 aliphatic heterocycles. The van der Waals surface area contributed by atoms with Gasteiger partial charge in [-0.1, -0.05) is 19.6 Å². The van der Waals surface area contributed by atoms with Gasteiger partial charge in [0, 0.05) is 0 Å². The SMILES string of the molecule is CC(C)=C(C#CC#C[Si](C)(C)C)OS(=O)(=O)C(F)(F)F. The summed E-state index contributed by atoms with van der Waals surface area (Å²) in [6.07, 6.45) is 0. The summed E-state index contributed by atoms with van der Waals surface area (Å²) < 4.78 is 62.3. The van der Waals surface area contributed by atoms with E-state index in [4.69, 9.17) is 0 Å². The van der Waals surface area contributed by atoms with E-state index in [0.29, 0.717) is 0 Å². The molecule has 20 heavy (non-hydrogen) atoms. The van der Waals surface area contributed by atoms with E-state index in [1.54, 1.807) is 0 Å². The molecule has 0 aromatic heterocycles. The van der Waals surface area contributed by atoms with Crippen LogP contribution in [-0.2, 0) is 14.3 Å². The van der Waals surface area contributed by atoms with Gasteiger partial charge in [-0.05, 0) is 37.2 Å². The van der Waals surface area contributed by atoms with Crippen molar-refractivity contribution in [1.29, 1.82) is 0 Å². The van der Waals surface area contributed by atoms with Crippen LogP contribution in [0.2, 0.25) is 19.6 Å². The summed E-state index contributed by atoms with van der Waals surface area (Å²) in [4.78, 5) is 0. The Balaban J connectivity index is 5.33. The van der Waals surface area contributed by atoms with Crippen LogP contribution >= 0.6 is 0 Å². The normalized spacial score (nSPS) is 11.6. The van der Waals surface area contributed by atoms with Gasteiger partial charge in [0.25, 0.3) is 0 Å². The maximum absolute atomic E-state index is 12.2. The zero-order valence-electron chi connectivity index (χ0n) is 11.8. The van der Waals surface area contributed by atoms with Gasteiger partial charge in [-0.3, -0.25) is 0 Å². The van der Waals surface area contributed by atoms with Gasteiger partial charge in [0.15, 0.2) is 5.76 Å². The van der Waals surface area contributed by atoms with Crippen LogP contribution in [0.3, 0.4) is 0 Å². The van der Waals surface area contributed by atoms with Crippen LogP contribution < -0.4 is 0 Å². The first-order valence-electron chi connectivity index (χ1n) is 5.48. The Morgan fingerprint density at radius 1 is 1.10 bits per heavy atom. The van der Waals surface area contributed by atoms with Gasteiger partial charge in [-0.2, -0.15) is 21.6 Å². The van der Waals surface area contributed by atoms with Crippen LogP contribution in [0.1, 0.15) is 13.8 Å². The molecule has 0 bridgehead atoms. The van der Waals surface area contributed by atoms with E-state index in [-0.39, 0.29) is 5.57 Å². The first kappa shape index (κ1) is 18.6. The highest BCUT2D eigenvalue weighted by Gasteiger charge is 2.48. The standard InChI is InChI=1S/C12H15F3O3SSi/c1-10(2)11(8-6-7-9-20(3,4)5)18-19(16,17)12(13,14)15/h1-5H3. The van der Waals surface area contributed by atoms with Crippen LogP contribution in [0.15, 0.2) is 11.3 Å². The molecule has 0 spiro atoms. The minimum Gasteiger partial charge on any atom is -0.367 e.